The number of rotatable bonds is 6. The highest BCUT2D eigenvalue weighted by atomic mass is 16.1. The van der Waals surface area contributed by atoms with E-state index in [1.54, 1.807) is 0 Å². The standard InChI is InChI=1S/C21H23N3O/c1-16-14-17(2)24(23-16)20-11-8-18(9-12-20)10-13-21(25)22-15-19-6-4-3-5-7-19/h3-9,11-12,14H,10,13,15H2,1-2H3,(H,22,25). The molecule has 0 atom stereocenters. The van der Waals surface area contributed by atoms with Crippen LogP contribution in [0, 0.1) is 13.8 Å². The molecule has 1 aromatic heterocycles. The highest BCUT2D eigenvalue weighted by molar-refractivity contribution is 5.76. The summed E-state index contributed by atoms with van der Waals surface area (Å²) in [6.45, 7) is 4.62. The fourth-order valence-electron chi connectivity index (χ4n) is 2.84. The van der Waals surface area contributed by atoms with Crippen molar-refractivity contribution in [3.63, 3.8) is 0 Å². The molecule has 4 heteroatoms. The number of amides is 1. The van der Waals surface area contributed by atoms with E-state index < -0.39 is 0 Å². The summed E-state index contributed by atoms with van der Waals surface area (Å²) in [5.74, 6) is 0.0754. The first-order valence-electron chi connectivity index (χ1n) is 8.55. The molecule has 0 unspecified atom stereocenters. The lowest BCUT2D eigenvalue weighted by Gasteiger charge is -2.07. The number of aryl methyl sites for hydroxylation is 3. The summed E-state index contributed by atoms with van der Waals surface area (Å²) < 4.78 is 1.94. The van der Waals surface area contributed by atoms with Crippen molar-refractivity contribution in [3.05, 3.63) is 83.2 Å². The average Bonchev–Trinajstić information content (AvgIpc) is 2.98. The van der Waals surface area contributed by atoms with Gasteiger partial charge in [0.2, 0.25) is 5.91 Å². The Bertz CT molecular complexity index is 835. The van der Waals surface area contributed by atoms with Gasteiger partial charge in [0.25, 0.3) is 0 Å². The molecule has 0 radical (unpaired) electrons. The molecule has 0 aliphatic rings. The second-order valence-corrected chi connectivity index (χ2v) is 6.27. The van der Waals surface area contributed by atoms with Gasteiger partial charge in [-0.25, -0.2) is 4.68 Å². The summed E-state index contributed by atoms with van der Waals surface area (Å²) in [5.41, 5.74) is 5.44. The number of benzene rings is 2. The third-order valence-corrected chi connectivity index (χ3v) is 4.16. The molecule has 4 nitrogen and oxygen atoms in total. The smallest absolute Gasteiger partial charge is 0.220 e. The average molecular weight is 333 g/mol. The Morgan fingerprint density at radius 2 is 1.72 bits per heavy atom. The molecule has 0 bridgehead atoms. The highest BCUT2D eigenvalue weighted by Gasteiger charge is 2.05. The van der Waals surface area contributed by atoms with Crippen LogP contribution in [0.2, 0.25) is 0 Å². The molecule has 1 heterocycles. The van der Waals surface area contributed by atoms with E-state index in [0.717, 1.165) is 34.6 Å². The van der Waals surface area contributed by atoms with Crippen LogP contribution in [-0.4, -0.2) is 15.7 Å². The lowest BCUT2D eigenvalue weighted by molar-refractivity contribution is -0.121. The van der Waals surface area contributed by atoms with Crippen LogP contribution < -0.4 is 5.32 Å². The molecule has 1 N–H and O–H groups in total. The summed E-state index contributed by atoms with van der Waals surface area (Å²) in [4.78, 5) is 12.0. The minimum atomic E-state index is 0.0754. The van der Waals surface area contributed by atoms with Gasteiger partial charge in [-0.2, -0.15) is 5.10 Å². The van der Waals surface area contributed by atoms with Gasteiger partial charge in [0.1, 0.15) is 0 Å². The van der Waals surface area contributed by atoms with Crippen molar-refractivity contribution in [3.8, 4) is 5.69 Å². The lowest BCUT2D eigenvalue weighted by Crippen LogP contribution is -2.22. The molecular weight excluding hydrogens is 310 g/mol. The number of carbonyl (C=O) groups is 1. The number of hydrogen-bond donors (Lipinski definition) is 1. The Morgan fingerprint density at radius 1 is 1.00 bits per heavy atom. The monoisotopic (exact) mass is 333 g/mol. The van der Waals surface area contributed by atoms with E-state index in [1.165, 1.54) is 0 Å². The molecule has 0 saturated carbocycles. The van der Waals surface area contributed by atoms with Crippen LogP contribution >= 0.6 is 0 Å². The van der Waals surface area contributed by atoms with Crippen LogP contribution in [0.3, 0.4) is 0 Å². The fourth-order valence-corrected chi connectivity index (χ4v) is 2.84. The van der Waals surface area contributed by atoms with Crippen LogP contribution in [0.15, 0.2) is 60.7 Å². The minimum Gasteiger partial charge on any atom is -0.352 e. The van der Waals surface area contributed by atoms with Crippen molar-refractivity contribution in [2.24, 2.45) is 0 Å². The molecule has 128 valence electrons. The van der Waals surface area contributed by atoms with Crippen molar-refractivity contribution in [2.45, 2.75) is 33.2 Å². The van der Waals surface area contributed by atoms with Gasteiger partial charge in [0.15, 0.2) is 0 Å². The molecule has 1 amide bonds. The zero-order valence-electron chi connectivity index (χ0n) is 14.7. The molecular formula is C21H23N3O. The maximum absolute atomic E-state index is 12.0. The van der Waals surface area contributed by atoms with Gasteiger partial charge in [-0.05, 0) is 49.6 Å². The Labute approximate surface area is 148 Å². The number of hydrogen-bond acceptors (Lipinski definition) is 2. The third kappa shape index (κ3) is 4.57. The summed E-state index contributed by atoms with van der Waals surface area (Å²) in [6, 6.07) is 20.2. The Morgan fingerprint density at radius 3 is 2.36 bits per heavy atom. The predicted octanol–water partition coefficient (Wildman–Crippen LogP) is 3.74. The maximum atomic E-state index is 12.0. The van der Waals surface area contributed by atoms with Crippen LogP contribution in [-0.2, 0) is 17.8 Å². The second-order valence-electron chi connectivity index (χ2n) is 6.27. The van der Waals surface area contributed by atoms with E-state index in [1.807, 2.05) is 48.9 Å². The normalized spacial score (nSPS) is 10.6. The molecule has 0 spiro atoms. The van der Waals surface area contributed by atoms with Gasteiger partial charge in [0.05, 0.1) is 11.4 Å². The van der Waals surface area contributed by atoms with E-state index >= 15 is 0 Å². The highest BCUT2D eigenvalue weighted by Crippen LogP contribution is 2.14. The first kappa shape index (κ1) is 17.0. The SMILES string of the molecule is Cc1cc(C)n(-c2ccc(CCC(=O)NCc3ccccc3)cc2)n1. The van der Waals surface area contributed by atoms with Crippen molar-refractivity contribution < 1.29 is 4.79 Å². The summed E-state index contributed by atoms with van der Waals surface area (Å²) >= 11 is 0. The van der Waals surface area contributed by atoms with E-state index in [-0.39, 0.29) is 5.91 Å². The molecule has 2 aromatic carbocycles. The van der Waals surface area contributed by atoms with Crippen LogP contribution in [0.25, 0.3) is 5.69 Å². The molecule has 3 rings (SSSR count). The second kappa shape index (κ2) is 7.79. The Kier molecular flexibility index (Phi) is 5.29. The summed E-state index contributed by atoms with van der Waals surface area (Å²) in [7, 11) is 0. The van der Waals surface area contributed by atoms with Gasteiger partial charge in [-0.15, -0.1) is 0 Å². The zero-order valence-corrected chi connectivity index (χ0v) is 14.7. The first-order valence-corrected chi connectivity index (χ1v) is 8.55. The fraction of sp³-hybridized carbons (Fsp3) is 0.238. The van der Waals surface area contributed by atoms with Crippen LogP contribution in [0.4, 0.5) is 0 Å². The Balaban J connectivity index is 1.51. The number of aromatic nitrogens is 2. The van der Waals surface area contributed by atoms with Crippen molar-refractivity contribution in [1.29, 1.82) is 0 Å². The van der Waals surface area contributed by atoms with E-state index in [0.29, 0.717) is 13.0 Å². The number of nitrogens with zero attached hydrogens (tertiary/aromatic N) is 2. The zero-order chi connectivity index (χ0) is 17.6. The maximum Gasteiger partial charge on any atom is 0.220 e. The number of carbonyl (C=O) groups excluding carboxylic acids is 1. The van der Waals surface area contributed by atoms with Gasteiger partial charge in [0, 0.05) is 18.7 Å². The van der Waals surface area contributed by atoms with E-state index in [4.69, 9.17) is 0 Å². The predicted molar refractivity (Wildman–Crippen MR) is 99.6 cm³/mol. The van der Waals surface area contributed by atoms with E-state index in [9.17, 15) is 4.79 Å². The Hall–Kier alpha value is -2.88. The van der Waals surface area contributed by atoms with Crippen molar-refractivity contribution >= 4 is 5.91 Å². The minimum absolute atomic E-state index is 0.0754. The topological polar surface area (TPSA) is 46.9 Å². The first-order chi connectivity index (χ1) is 12.1. The van der Waals surface area contributed by atoms with Gasteiger partial charge in [-0.3, -0.25) is 4.79 Å². The van der Waals surface area contributed by atoms with E-state index in [2.05, 4.69) is 40.7 Å². The third-order valence-electron chi connectivity index (χ3n) is 4.16. The van der Waals surface area contributed by atoms with Crippen LogP contribution in [0.1, 0.15) is 28.9 Å². The van der Waals surface area contributed by atoms with Gasteiger partial charge >= 0.3 is 0 Å². The van der Waals surface area contributed by atoms with Gasteiger partial charge in [-0.1, -0.05) is 42.5 Å². The summed E-state index contributed by atoms with van der Waals surface area (Å²) in [5, 5.41) is 7.45. The molecule has 0 aliphatic carbocycles. The van der Waals surface area contributed by atoms with Crippen LogP contribution in [0.5, 0.6) is 0 Å². The molecule has 0 aliphatic heterocycles. The molecule has 0 saturated heterocycles. The lowest BCUT2D eigenvalue weighted by atomic mass is 10.1. The van der Waals surface area contributed by atoms with Crippen molar-refractivity contribution in [2.75, 3.05) is 0 Å². The largest absolute Gasteiger partial charge is 0.352 e. The molecule has 25 heavy (non-hydrogen) atoms. The summed E-state index contributed by atoms with van der Waals surface area (Å²) in [6.07, 6.45) is 1.23. The van der Waals surface area contributed by atoms with Gasteiger partial charge < -0.3 is 5.32 Å². The molecule has 3 aromatic rings. The van der Waals surface area contributed by atoms with Crippen molar-refractivity contribution in [1.82, 2.24) is 15.1 Å². The quantitative estimate of drug-likeness (QED) is 0.747. The number of nitrogens with one attached hydrogen (secondary N) is 1. The molecule has 0 fully saturated rings.